The number of hydrogen-bond donors (Lipinski definition) is 0. The minimum Gasteiger partial charge on any atom is -0.493 e. The SMILES string of the molecule is COCCCOc1cc2c(cc1-c1ncc(Br)s1)-c1cc(=O)c(C)cn1C(C(C)C)C2. The third kappa shape index (κ3) is 4.49. The minimum atomic E-state index is 0.0695. The number of pyridine rings is 1. The van der Waals surface area contributed by atoms with Crippen LogP contribution in [0, 0.1) is 12.8 Å². The number of fused-ring (bicyclic) bond motifs is 3. The molecule has 0 radical (unpaired) electrons. The van der Waals surface area contributed by atoms with Crippen LogP contribution < -0.4 is 10.2 Å². The van der Waals surface area contributed by atoms with Crippen LogP contribution >= 0.6 is 27.3 Å². The van der Waals surface area contributed by atoms with E-state index >= 15 is 0 Å². The molecule has 5 nitrogen and oxygen atoms in total. The summed E-state index contributed by atoms with van der Waals surface area (Å²) < 4.78 is 14.6. The number of aryl methyl sites for hydroxylation is 1. The van der Waals surface area contributed by atoms with Gasteiger partial charge in [-0.1, -0.05) is 13.8 Å². The van der Waals surface area contributed by atoms with Crippen LogP contribution in [0.1, 0.15) is 37.4 Å². The van der Waals surface area contributed by atoms with Crippen molar-refractivity contribution in [3.05, 3.63) is 55.7 Å². The molecule has 1 atom stereocenters. The van der Waals surface area contributed by atoms with Gasteiger partial charge in [-0.3, -0.25) is 4.79 Å². The second-order valence-electron chi connectivity index (χ2n) is 8.30. The zero-order valence-electron chi connectivity index (χ0n) is 18.3. The molecule has 4 rings (SSSR count). The highest BCUT2D eigenvalue weighted by molar-refractivity contribution is 9.11. The highest BCUT2D eigenvalue weighted by Crippen LogP contribution is 2.44. The lowest BCUT2D eigenvalue weighted by Gasteiger charge is -2.34. The summed E-state index contributed by atoms with van der Waals surface area (Å²) in [5.41, 5.74) is 5.07. The first kappa shape index (κ1) is 22.2. The van der Waals surface area contributed by atoms with Crippen molar-refractivity contribution < 1.29 is 9.47 Å². The second-order valence-corrected chi connectivity index (χ2v) is 10.7. The van der Waals surface area contributed by atoms with Gasteiger partial charge < -0.3 is 14.0 Å². The van der Waals surface area contributed by atoms with Gasteiger partial charge in [-0.2, -0.15) is 0 Å². The van der Waals surface area contributed by atoms with E-state index in [9.17, 15) is 4.79 Å². The largest absolute Gasteiger partial charge is 0.493 e. The lowest BCUT2D eigenvalue weighted by Crippen LogP contribution is -2.26. The third-order valence-electron chi connectivity index (χ3n) is 5.76. The van der Waals surface area contributed by atoms with Crippen molar-refractivity contribution in [3.8, 4) is 27.6 Å². The summed E-state index contributed by atoms with van der Waals surface area (Å²) in [4.78, 5) is 17.1. The fourth-order valence-electron chi connectivity index (χ4n) is 4.11. The van der Waals surface area contributed by atoms with E-state index in [4.69, 9.17) is 9.47 Å². The zero-order chi connectivity index (χ0) is 22.1. The molecular formula is C24H27BrN2O3S. The maximum absolute atomic E-state index is 12.5. The van der Waals surface area contributed by atoms with Crippen LogP contribution in [-0.4, -0.2) is 29.9 Å². The zero-order valence-corrected chi connectivity index (χ0v) is 20.7. The quantitative estimate of drug-likeness (QED) is 0.378. The molecule has 1 unspecified atom stereocenters. The van der Waals surface area contributed by atoms with Crippen LogP contribution in [0.15, 0.2) is 39.2 Å². The van der Waals surface area contributed by atoms with E-state index in [-0.39, 0.29) is 5.43 Å². The molecule has 2 aromatic heterocycles. The highest BCUT2D eigenvalue weighted by Gasteiger charge is 2.28. The average molecular weight is 503 g/mol. The van der Waals surface area contributed by atoms with Gasteiger partial charge in [0.1, 0.15) is 10.8 Å². The second kappa shape index (κ2) is 9.27. The fraction of sp³-hybridized carbons (Fsp3) is 0.417. The molecule has 0 fully saturated rings. The first-order chi connectivity index (χ1) is 14.9. The van der Waals surface area contributed by atoms with Gasteiger partial charge in [-0.15, -0.1) is 11.3 Å². The van der Waals surface area contributed by atoms with E-state index in [1.54, 1.807) is 24.5 Å². The van der Waals surface area contributed by atoms with Crippen molar-refractivity contribution in [1.82, 2.24) is 9.55 Å². The Morgan fingerprint density at radius 1 is 1.26 bits per heavy atom. The summed E-state index contributed by atoms with van der Waals surface area (Å²) in [7, 11) is 1.70. The Balaban J connectivity index is 1.87. The normalized spacial score (nSPS) is 15.1. The topological polar surface area (TPSA) is 53.4 Å². The first-order valence-corrected chi connectivity index (χ1v) is 12.1. The lowest BCUT2D eigenvalue weighted by atomic mass is 9.86. The van der Waals surface area contributed by atoms with E-state index in [0.717, 1.165) is 49.8 Å². The summed E-state index contributed by atoms with van der Waals surface area (Å²) >= 11 is 5.10. The predicted molar refractivity (Wildman–Crippen MR) is 129 cm³/mol. The molecule has 31 heavy (non-hydrogen) atoms. The average Bonchev–Trinajstić information content (AvgIpc) is 3.17. The van der Waals surface area contributed by atoms with Gasteiger partial charge in [-0.25, -0.2) is 4.98 Å². The maximum Gasteiger partial charge on any atom is 0.185 e. The van der Waals surface area contributed by atoms with Gasteiger partial charge in [0.25, 0.3) is 0 Å². The van der Waals surface area contributed by atoms with Gasteiger partial charge in [0.15, 0.2) is 5.43 Å². The Labute approximate surface area is 195 Å². The summed E-state index contributed by atoms with van der Waals surface area (Å²) in [5, 5.41) is 0.892. The molecule has 3 aromatic rings. The standard InChI is InChI=1S/C24H27BrN2O3S/c1-14(2)19-8-16-9-22(30-7-5-6-29-4)18(24-26-12-23(25)31-24)10-17(16)20-11-21(28)15(3)13-27(19)20/h9-14,19H,5-8H2,1-4H3. The molecule has 1 aliphatic heterocycles. The van der Waals surface area contributed by atoms with Gasteiger partial charge >= 0.3 is 0 Å². The summed E-state index contributed by atoms with van der Waals surface area (Å²) in [6.07, 6.45) is 5.55. The van der Waals surface area contributed by atoms with E-state index in [0.29, 0.717) is 25.2 Å². The Bertz CT molecular complexity index is 1150. The molecule has 0 aliphatic carbocycles. The van der Waals surface area contributed by atoms with Crippen LogP contribution in [-0.2, 0) is 11.2 Å². The van der Waals surface area contributed by atoms with Crippen LogP contribution in [0.3, 0.4) is 0 Å². The van der Waals surface area contributed by atoms with Gasteiger partial charge in [-0.05, 0) is 52.9 Å². The van der Waals surface area contributed by atoms with Crippen LogP contribution in [0.5, 0.6) is 5.75 Å². The molecule has 0 N–H and O–H groups in total. The molecule has 0 saturated carbocycles. The molecule has 3 heterocycles. The number of halogens is 1. The summed E-state index contributed by atoms with van der Waals surface area (Å²) in [6, 6.07) is 6.37. The Morgan fingerprint density at radius 2 is 2.06 bits per heavy atom. The number of thiazole rings is 1. The van der Waals surface area contributed by atoms with Crippen molar-refractivity contribution in [1.29, 1.82) is 0 Å². The Morgan fingerprint density at radius 3 is 2.74 bits per heavy atom. The number of aromatic nitrogens is 2. The molecule has 1 aliphatic rings. The number of nitrogens with zero attached hydrogens (tertiary/aromatic N) is 2. The fourth-order valence-corrected chi connectivity index (χ4v) is 5.33. The highest BCUT2D eigenvalue weighted by atomic mass is 79.9. The number of rotatable bonds is 7. The van der Waals surface area contributed by atoms with Crippen LogP contribution in [0.4, 0.5) is 0 Å². The molecule has 164 valence electrons. The summed E-state index contributed by atoms with van der Waals surface area (Å²) in [5.74, 6) is 1.27. The van der Waals surface area contributed by atoms with Crippen molar-refractivity contribution in [2.24, 2.45) is 5.92 Å². The third-order valence-corrected chi connectivity index (χ3v) is 7.27. The minimum absolute atomic E-state index is 0.0695. The van der Waals surface area contributed by atoms with Crippen molar-refractivity contribution >= 4 is 27.3 Å². The van der Waals surface area contributed by atoms with E-state index in [1.807, 2.05) is 19.3 Å². The van der Waals surface area contributed by atoms with E-state index in [1.165, 1.54) is 5.56 Å². The number of hydrogen-bond acceptors (Lipinski definition) is 5. The first-order valence-electron chi connectivity index (χ1n) is 10.5. The molecular weight excluding hydrogens is 476 g/mol. The van der Waals surface area contributed by atoms with Crippen molar-refractivity contribution in [2.45, 2.75) is 39.7 Å². The molecule has 0 bridgehead atoms. The molecule has 0 amide bonds. The van der Waals surface area contributed by atoms with Gasteiger partial charge in [0, 0.05) is 49.6 Å². The number of ether oxygens (including phenoxy) is 2. The molecule has 0 spiro atoms. The van der Waals surface area contributed by atoms with E-state index in [2.05, 4.69) is 51.5 Å². The lowest BCUT2D eigenvalue weighted by molar-refractivity contribution is 0.172. The van der Waals surface area contributed by atoms with E-state index < -0.39 is 0 Å². The Kier molecular flexibility index (Phi) is 6.65. The molecule has 0 saturated heterocycles. The van der Waals surface area contributed by atoms with Crippen LogP contribution in [0.25, 0.3) is 21.8 Å². The smallest absolute Gasteiger partial charge is 0.185 e. The predicted octanol–water partition coefficient (Wildman–Crippen LogP) is 5.88. The van der Waals surface area contributed by atoms with Gasteiger partial charge in [0.05, 0.1) is 27.8 Å². The Hall–Kier alpha value is -1.96. The number of benzene rings is 1. The molecule has 1 aromatic carbocycles. The molecule has 7 heteroatoms. The van der Waals surface area contributed by atoms with Crippen molar-refractivity contribution in [2.75, 3.05) is 20.3 Å². The van der Waals surface area contributed by atoms with Crippen LogP contribution in [0.2, 0.25) is 0 Å². The number of methoxy groups -OCH3 is 1. The maximum atomic E-state index is 12.5. The van der Waals surface area contributed by atoms with Crippen molar-refractivity contribution in [3.63, 3.8) is 0 Å². The monoisotopic (exact) mass is 502 g/mol. The summed E-state index contributed by atoms with van der Waals surface area (Å²) in [6.45, 7) is 7.59. The van der Waals surface area contributed by atoms with Gasteiger partial charge in [0.2, 0.25) is 0 Å².